The highest BCUT2D eigenvalue weighted by molar-refractivity contribution is 6.33. The number of hydrogen-bond acceptors (Lipinski definition) is 3. The van der Waals surface area contributed by atoms with Crippen LogP contribution < -0.4 is 0 Å². The van der Waals surface area contributed by atoms with Gasteiger partial charge in [0.2, 0.25) is 0 Å². The number of amides is 1. The van der Waals surface area contributed by atoms with Crippen molar-refractivity contribution in [3.05, 3.63) is 41.1 Å². The normalized spacial score (nSPS) is 12.4. The molecule has 2 rings (SSSR count). The van der Waals surface area contributed by atoms with Gasteiger partial charge in [0.15, 0.2) is 5.69 Å². The molecule has 2 aromatic rings. The lowest BCUT2D eigenvalue weighted by atomic mass is 10.1. The average Bonchev–Trinajstić information content (AvgIpc) is 3.03. The molecule has 0 bridgehead atoms. The molecule has 1 unspecified atom stereocenters. The number of aromatic nitrogens is 2. The summed E-state index contributed by atoms with van der Waals surface area (Å²) in [5.41, 5.74) is 0.293. The molecule has 0 spiro atoms. The molecule has 5 nitrogen and oxygen atoms in total. The van der Waals surface area contributed by atoms with Gasteiger partial charge in [-0.1, -0.05) is 11.6 Å². The summed E-state index contributed by atoms with van der Waals surface area (Å²) >= 11 is 6.00. The van der Waals surface area contributed by atoms with Crippen molar-refractivity contribution in [3.63, 3.8) is 0 Å². The van der Waals surface area contributed by atoms with E-state index in [-0.39, 0.29) is 11.9 Å². The van der Waals surface area contributed by atoms with Crippen LogP contribution in [0.1, 0.15) is 29.6 Å². The molecule has 1 atom stereocenters. The van der Waals surface area contributed by atoms with E-state index >= 15 is 0 Å². The minimum Gasteiger partial charge on any atom is -0.469 e. The summed E-state index contributed by atoms with van der Waals surface area (Å²) in [6.07, 6.45) is 4.89. The van der Waals surface area contributed by atoms with E-state index in [1.165, 1.54) is 4.68 Å². The Morgan fingerprint density at radius 1 is 1.60 bits per heavy atom. The molecule has 0 N–H and O–H groups in total. The van der Waals surface area contributed by atoms with Crippen LogP contribution in [0.15, 0.2) is 29.0 Å². The predicted octanol–water partition coefficient (Wildman–Crippen LogP) is 2.76. The van der Waals surface area contributed by atoms with Gasteiger partial charge in [-0.3, -0.25) is 9.48 Å². The van der Waals surface area contributed by atoms with Crippen molar-refractivity contribution in [2.24, 2.45) is 7.05 Å². The van der Waals surface area contributed by atoms with Crippen molar-refractivity contribution in [1.29, 1.82) is 0 Å². The molecule has 6 heteroatoms. The van der Waals surface area contributed by atoms with Crippen LogP contribution in [0.2, 0.25) is 5.02 Å². The molecule has 0 aliphatic heterocycles. The van der Waals surface area contributed by atoms with E-state index in [1.54, 1.807) is 31.5 Å². The minimum atomic E-state index is -0.164. The van der Waals surface area contributed by atoms with Gasteiger partial charge < -0.3 is 9.32 Å². The SMILES string of the molecule is CC(CCc1ccco1)N(C)C(=O)c1nn(C)cc1Cl. The number of carbonyl (C=O) groups excluding carboxylic acids is 1. The van der Waals surface area contributed by atoms with Crippen LogP contribution >= 0.6 is 11.6 Å². The first-order valence-electron chi connectivity index (χ1n) is 6.47. The Labute approximate surface area is 123 Å². The number of aryl methyl sites for hydroxylation is 2. The molecule has 0 aliphatic carbocycles. The molecule has 0 radical (unpaired) electrons. The van der Waals surface area contributed by atoms with Crippen LogP contribution in [0.3, 0.4) is 0 Å². The summed E-state index contributed by atoms with van der Waals surface area (Å²) < 4.78 is 6.83. The zero-order valence-electron chi connectivity index (χ0n) is 11.8. The molecular weight excluding hydrogens is 278 g/mol. The molecular formula is C14H18ClN3O2. The van der Waals surface area contributed by atoms with Crippen LogP contribution in [0, 0.1) is 0 Å². The Hall–Kier alpha value is -1.75. The highest BCUT2D eigenvalue weighted by Gasteiger charge is 2.22. The third-order valence-electron chi connectivity index (χ3n) is 3.36. The number of nitrogens with zero attached hydrogens (tertiary/aromatic N) is 3. The monoisotopic (exact) mass is 295 g/mol. The maximum Gasteiger partial charge on any atom is 0.275 e. The van der Waals surface area contributed by atoms with Gasteiger partial charge in [-0.2, -0.15) is 5.10 Å². The Kier molecular flexibility index (Phi) is 4.49. The lowest BCUT2D eigenvalue weighted by Gasteiger charge is -2.24. The van der Waals surface area contributed by atoms with Crippen molar-refractivity contribution >= 4 is 17.5 Å². The Morgan fingerprint density at radius 2 is 2.35 bits per heavy atom. The standard InChI is InChI=1S/C14H18ClN3O2/c1-10(6-7-11-5-4-8-20-11)18(3)14(19)13-12(15)9-17(2)16-13/h4-5,8-10H,6-7H2,1-3H3. The molecule has 20 heavy (non-hydrogen) atoms. The molecule has 108 valence electrons. The quantitative estimate of drug-likeness (QED) is 0.852. The van der Waals surface area contributed by atoms with Gasteiger partial charge in [0.05, 0.1) is 11.3 Å². The first kappa shape index (κ1) is 14.7. The molecule has 2 aromatic heterocycles. The van der Waals surface area contributed by atoms with E-state index in [2.05, 4.69) is 5.10 Å². The highest BCUT2D eigenvalue weighted by atomic mass is 35.5. The largest absolute Gasteiger partial charge is 0.469 e. The van der Waals surface area contributed by atoms with Crippen LogP contribution in [-0.2, 0) is 13.5 Å². The summed E-state index contributed by atoms with van der Waals surface area (Å²) in [5, 5.41) is 4.48. The van der Waals surface area contributed by atoms with Gasteiger partial charge in [-0.15, -0.1) is 0 Å². The summed E-state index contributed by atoms with van der Waals surface area (Å²) in [6.45, 7) is 2.00. The number of rotatable bonds is 5. The first-order valence-corrected chi connectivity index (χ1v) is 6.85. The topological polar surface area (TPSA) is 51.3 Å². The summed E-state index contributed by atoms with van der Waals surface area (Å²) in [4.78, 5) is 14.0. The molecule has 1 amide bonds. The predicted molar refractivity (Wildman–Crippen MR) is 76.8 cm³/mol. The van der Waals surface area contributed by atoms with Crippen LogP contribution in [-0.4, -0.2) is 33.7 Å². The highest BCUT2D eigenvalue weighted by Crippen LogP contribution is 2.17. The average molecular weight is 296 g/mol. The molecule has 0 aromatic carbocycles. The van der Waals surface area contributed by atoms with Crippen LogP contribution in [0.25, 0.3) is 0 Å². The van der Waals surface area contributed by atoms with Crippen molar-refractivity contribution in [3.8, 4) is 0 Å². The van der Waals surface area contributed by atoms with E-state index in [1.807, 2.05) is 19.1 Å². The third-order valence-corrected chi connectivity index (χ3v) is 3.63. The summed E-state index contributed by atoms with van der Waals surface area (Å²) in [6, 6.07) is 3.87. The van der Waals surface area contributed by atoms with E-state index in [4.69, 9.17) is 16.0 Å². The van der Waals surface area contributed by atoms with E-state index in [0.717, 1.165) is 18.6 Å². The fourth-order valence-corrected chi connectivity index (χ4v) is 2.23. The fourth-order valence-electron chi connectivity index (χ4n) is 1.97. The second-order valence-corrected chi connectivity index (χ2v) is 5.29. The maximum absolute atomic E-state index is 12.3. The van der Waals surface area contributed by atoms with Crippen molar-refractivity contribution < 1.29 is 9.21 Å². The van der Waals surface area contributed by atoms with Gasteiger partial charge in [-0.25, -0.2) is 0 Å². The zero-order valence-corrected chi connectivity index (χ0v) is 12.6. The lowest BCUT2D eigenvalue weighted by Crippen LogP contribution is -2.35. The van der Waals surface area contributed by atoms with Crippen molar-refractivity contribution in [2.75, 3.05) is 7.05 Å². The van der Waals surface area contributed by atoms with E-state index < -0.39 is 0 Å². The van der Waals surface area contributed by atoms with Gasteiger partial charge in [-0.05, 0) is 25.5 Å². The van der Waals surface area contributed by atoms with Gasteiger partial charge in [0.1, 0.15) is 5.76 Å². The second-order valence-electron chi connectivity index (χ2n) is 4.88. The van der Waals surface area contributed by atoms with Crippen molar-refractivity contribution in [1.82, 2.24) is 14.7 Å². The third kappa shape index (κ3) is 3.22. The minimum absolute atomic E-state index is 0.0747. The van der Waals surface area contributed by atoms with E-state index in [9.17, 15) is 4.79 Å². The Balaban J connectivity index is 1.97. The fraction of sp³-hybridized carbons (Fsp3) is 0.429. The summed E-state index contributed by atoms with van der Waals surface area (Å²) in [5.74, 6) is 0.760. The molecule has 0 saturated carbocycles. The second kappa shape index (κ2) is 6.13. The Morgan fingerprint density at radius 3 is 2.90 bits per heavy atom. The Bertz CT molecular complexity index is 577. The van der Waals surface area contributed by atoms with Crippen LogP contribution in [0.4, 0.5) is 0 Å². The molecule has 0 fully saturated rings. The first-order chi connectivity index (χ1) is 9.49. The number of hydrogen-bond donors (Lipinski definition) is 0. The van der Waals surface area contributed by atoms with Crippen molar-refractivity contribution in [2.45, 2.75) is 25.8 Å². The van der Waals surface area contributed by atoms with Gasteiger partial charge >= 0.3 is 0 Å². The number of halogens is 1. The molecule has 0 saturated heterocycles. The lowest BCUT2D eigenvalue weighted by molar-refractivity contribution is 0.0729. The maximum atomic E-state index is 12.3. The van der Waals surface area contributed by atoms with Crippen LogP contribution in [0.5, 0.6) is 0 Å². The number of carbonyl (C=O) groups is 1. The zero-order chi connectivity index (χ0) is 14.7. The molecule has 0 aliphatic rings. The molecule has 2 heterocycles. The smallest absolute Gasteiger partial charge is 0.275 e. The van der Waals surface area contributed by atoms with E-state index in [0.29, 0.717) is 10.7 Å². The van der Waals surface area contributed by atoms with Gasteiger partial charge in [0, 0.05) is 32.8 Å². The summed E-state index contributed by atoms with van der Waals surface area (Å²) in [7, 11) is 3.50. The number of furan rings is 1. The van der Waals surface area contributed by atoms with Gasteiger partial charge in [0.25, 0.3) is 5.91 Å².